The molecule has 0 spiro atoms. The fourth-order valence-corrected chi connectivity index (χ4v) is 3.31. The molecule has 3 rings (SSSR count). The predicted octanol–water partition coefficient (Wildman–Crippen LogP) is 3.22. The molecule has 0 aromatic carbocycles. The average Bonchev–Trinajstić information content (AvgIpc) is 3.21. The van der Waals surface area contributed by atoms with Gasteiger partial charge in [-0.05, 0) is 28.9 Å². The van der Waals surface area contributed by atoms with Crippen LogP contribution in [-0.4, -0.2) is 25.5 Å². The lowest BCUT2D eigenvalue weighted by Gasteiger charge is -1.99. The molecule has 0 saturated carbocycles. The number of anilines is 1. The summed E-state index contributed by atoms with van der Waals surface area (Å²) in [6.45, 7) is 3.51. The molecule has 1 N–H and O–H groups in total. The van der Waals surface area contributed by atoms with Gasteiger partial charge >= 0.3 is 0 Å². The van der Waals surface area contributed by atoms with Crippen LogP contribution in [0.5, 0.6) is 0 Å². The summed E-state index contributed by atoms with van der Waals surface area (Å²) in [5, 5.41) is 13.2. The number of halogens is 1. The Balaban J connectivity index is 1.64. The first kappa shape index (κ1) is 15.0. The van der Waals surface area contributed by atoms with Gasteiger partial charge in [0, 0.05) is 34.4 Å². The molecule has 114 valence electrons. The molecule has 0 saturated heterocycles. The van der Waals surface area contributed by atoms with Crippen LogP contribution in [0.1, 0.15) is 22.2 Å². The molecule has 3 aromatic rings. The van der Waals surface area contributed by atoms with Crippen LogP contribution in [-0.2, 0) is 13.1 Å². The first-order chi connectivity index (χ1) is 10.6. The van der Waals surface area contributed by atoms with Crippen molar-refractivity contribution in [3.05, 3.63) is 51.1 Å². The lowest BCUT2D eigenvalue weighted by Crippen LogP contribution is -2.09. The van der Waals surface area contributed by atoms with Crippen molar-refractivity contribution in [2.45, 2.75) is 20.0 Å². The van der Waals surface area contributed by atoms with Crippen LogP contribution in [0, 0.1) is 0 Å². The number of carbonyl (C=O) groups is 1. The first-order valence-electron chi connectivity index (χ1n) is 6.73. The van der Waals surface area contributed by atoms with Crippen LogP contribution in [0.3, 0.4) is 0 Å². The van der Waals surface area contributed by atoms with Crippen LogP contribution < -0.4 is 5.32 Å². The zero-order valence-electron chi connectivity index (χ0n) is 11.9. The maximum Gasteiger partial charge on any atom is 0.265 e. The van der Waals surface area contributed by atoms with Crippen LogP contribution in [0.25, 0.3) is 0 Å². The van der Waals surface area contributed by atoms with E-state index in [0.717, 1.165) is 16.6 Å². The molecule has 3 heterocycles. The number of thiophene rings is 1. The maximum absolute atomic E-state index is 12.1. The summed E-state index contributed by atoms with van der Waals surface area (Å²) in [5.74, 6) is -0.131. The molecule has 8 heteroatoms. The van der Waals surface area contributed by atoms with Gasteiger partial charge in [-0.25, -0.2) is 0 Å². The van der Waals surface area contributed by atoms with Gasteiger partial charge in [0.05, 0.1) is 29.5 Å². The number of hydrogen-bond donors (Lipinski definition) is 1. The van der Waals surface area contributed by atoms with Crippen molar-refractivity contribution < 1.29 is 4.79 Å². The van der Waals surface area contributed by atoms with E-state index >= 15 is 0 Å². The van der Waals surface area contributed by atoms with E-state index < -0.39 is 0 Å². The Kier molecular flexibility index (Phi) is 4.39. The Hall–Kier alpha value is -1.93. The van der Waals surface area contributed by atoms with Crippen molar-refractivity contribution in [3.8, 4) is 0 Å². The summed E-state index contributed by atoms with van der Waals surface area (Å²) in [6.07, 6.45) is 7.27. The number of aryl methyl sites for hydroxylation is 1. The number of rotatable bonds is 5. The molecule has 0 aliphatic heterocycles. The molecule has 0 radical (unpaired) electrons. The summed E-state index contributed by atoms with van der Waals surface area (Å²) < 4.78 is 4.55. The SMILES string of the molecule is CCn1cc(Cn2cc(NC(=O)c3cc(Br)cs3)cn2)cn1. The third-order valence-corrected chi connectivity index (χ3v) is 4.73. The number of hydrogen-bond acceptors (Lipinski definition) is 4. The van der Waals surface area contributed by atoms with Crippen molar-refractivity contribution in [2.75, 3.05) is 5.32 Å². The largest absolute Gasteiger partial charge is 0.319 e. The van der Waals surface area contributed by atoms with E-state index in [9.17, 15) is 4.79 Å². The number of nitrogens with one attached hydrogen (secondary N) is 1. The fourth-order valence-electron chi connectivity index (χ4n) is 1.99. The van der Waals surface area contributed by atoms with E-state index in [1.807, 2.05) is 35.6 Å². The Morgan fingerprint density at radius 1 is 1.32 bits per heavy atom. The average molecular weight is 380 g/mol. The van der Waals surface area contributed by atoms with Gasteiger partial charge in [0.2, 0.25) is 0 Å². The van der Waals surface area contributed by atoms with E-state index in [1.165, 1.54) is 11.3 Å². The molecule has 1 amide bonds. The van der Waals surface area contributed by atoms with E-state index in [2.05, 4.69) is 31.4 Å². The van der Waals surface area contributed by atoms with Crippen molar-refractivity contribution in [3.63, 3.8) is 0 Å². The number of amides is 1. The van der Waals surface area contributed by atoms with Gasteiger partial charge in [-0.2, -0.15) is 10.2 Å². The van der Waals surface area contributed by atoms with Crippen LogP contribution in [0.4, 0.5) is 5.69 Å². The topological polar surface area (TPSA) is 64.7 Å². The molecule has 3 aromatic heterocycles. The lowest BCUT2D eigenvalue weighted by molar-refractivity contribution is 0.103. The number of aromatic nitrogens is 4. The molecule has 0 bridgehead atoms. The minimum Gasteiger partial charge on any atom is -0.319 e. The molecular weight excluding hydrogens is 366 g/mol. The van der Waals surface area contributed by atoms with E-state index in [4.69, 9.17) is 0 Å². The highest BCUT2D eigenvalue weighted by atomic mass is 79.9. The molecule has 0 aliphatic carbocycles. The van der Waals surface area contributed by atoms with E-state index in [-0.39, 0.29) is 5.91 Å². The minimum absolute atomic E-state index is 0.131. The number of carbonyl (C=O) groups excluding carboxylic acids is 1. The summed E-state index contributed by atoms with van der Waals surface area (Å²) in [7, 11) is 0. The van der Waals surface area contributed by atoms with Gasteiger partial charge in [-0.15, -0.1) is 11.3 Å². The minimum atomic E-state index is -0.131. The summed E-state index contributed by atoms with van der Waals surface area (Å²) >= 11 is 4.74. The molecule has 0 fully saturated rings. The van der Waals surface area contributed by atoms with Gasteiger partial charge in [0.1, 0.15) is 0 Å². The third-order valence-electron chi connectivity index (χ3n) is 3.04. The zero-order chi connectivity index (χ0) is 15.5. The van der Waals surface area contributed by atoms with Crippen LogP contribution in [0.2, 0.25) is 0 Å². The quantitative estimate of drug-likeness (QED) is 0.739. The van der Waals surface area contributed by atoms with Gasteiger partial charge in [0.15, 0.2) is 0 Å². The van der Waals surface area contributed by atoms with Crippen molar-refractivity contribution in [1.29, 1.82) is 0 Å². The van der Waals surface area contributed by atoms with Crippen LogP contribution >= 0.6 is 27.3 Å². The van der Waals surface area contributed by atoms with E-state index in [0.29, 0.717) is 17.1 Å². The molecule has 22 heavy (non-hydrogen) atoms. The second kappa shape index (κ2) is 6.45. The standard InChI is InChI=1S/C14H14BrN5OS/c1-2-19-6-10(4-16-19)7-20-8-12(5-17-20)18-14(21)13-3-11(15)9-22-13/h3-6,8-9H,2,7H2,1H3,(H,18,21). The maximum atomic E-state index is 12.1. The highest BCUT2D eigenvalue weighted by Gasteiger charge is 2.10. The molecular formula is C14H14BrN5OS. The second-order valence-electron chi connectivity index (χ2n) is 4.71. The highest BCUT2D eigenvalue weighted by molar-refractivity contribution is 9.10. The third kappa shape index (κ3) is 3.45. The van der Waals surface area contributed by atoms with Gasteiger partial charge in [-0.3, -0.25) is 14.2 Å². The first-order valence-corrected chi connectivity index (χ1v) is 8.40. The second-order valence-corrected chi connectivity index (χ2v) is 6.54. The summed E-state index contributed by atoms with van der Waals surface area (Å²) in [4.78, 5) is 12.7. The molecule has 6 nitrogen and oxygen atoms in total. The zero-order valence-corrected chi connectivity index (χ0v) is 14.3. The lowest BCUT2D eigenvalue weighted by atomic mass is 10.3. The number of nitrogens with zero attached hydrogens (tertiary/aromatic N) is 4. The summed E-state index contributed by atoms with van der Waals surface area (Å²) in [5.41, 5.74) is 1.75. The van der Waals surface area contributed by atoms with Gasteiger partial charge < -0.3 is 5.32 Å². The van der Waals surface area contributed by atoms with E-state index in [1.54, 1.807) is 16.9 Å². The predicted molar refractivity (Wildman–Crippen MR) is 89.2 cm³/mol. The molecule has 0 atom stereocenters. The Morgan fingerprint density at radius 3 is 2.82 bits per heavy atom. The van der Waals surface area contributed by atoms with Crippen molar-refractivity contribution in [1.82, 2.24) is 19.6 Å². The monoisotopic (exact) mass is 379 g/mol. The fraction of sp³-hybridized carbons (Fsp3) is 0.214. The van der Waals surface area contributed by atoms with Crippen LogP contribution in [0.15, 0.2) is 40.7 Å². The highest BCUT2D eigenvalue weighted by Crippen LogP contribution is 2.20. The van der Waals surface area contributed by atoms with Gasteiger partial charge in [0.25, 0.3) is 5.91 Å². The Morgan fingerprint density at radius 2 is 2.14 bits per heavy atom. The smallest absolute Gasteiger partial charge is 0.265 e. The Bertz CT molecular complexity index is 791. The normalized spacial score (nSPS) is 10.8. The molecule has 0 unspecified atom stereocenters. The van der Waals surface area contributed by atoms with Crippen molar-refractivity contribution in [2.24, 2.45) is 0 Å². The van der Waals surface area contributed by atoms with Gasteiger partial charge in [-0.1, -0.05) is 0 Å². The molecule has 0 aliphatic rings. The summed E-state index contributed by atoms with van der Waals surface area (Å²) in [6, 6.07) is 1.80. The Labute approximate surface area is 139 Å². The van der Waals surface area contributed by atoms with Crippen molar-refractivity contribution >= 4 is 38.9 Å².